The van der Waals surface area contributed by atoms with Gasteiger partial charge >= 0.3 is 5.97 Å². The molecule has 118 valence electrons. The van der Waals surface area contributed by atoms with E-state index in [1.54, 1.807) is 0 Å². The summed E-state index contributed by atoms with van der Waals surface area (Å²) in [6, 6.07) is 2.70. The minimum Gasteiger partial charge on any atom is -0.495 e. The van der Waals surface area contributed by atoms with E-state index in [9.17, 15) is 13.6 Å². The molecule has 0 aliphatic carbocycles. The molecule has 0 aliphatic rings. The van der Waals surface area contributed by atoms with Gasteiger partial charge < -0.3 is 14.6 Å². The molecule has 1 aromatic rings. The molecule has 1 N–H and O–H groups in total. The molecule has 0 atom stereocenters. The van der Waals surface area contributed by atoms with Gasteiger partial charge in [0, 0.05) is 12.8 Å². The fourth-order valence-corrected chi connectivity index (χ4v) is 2.61. The van der Waals surface area contributed by atoms with Gasteiger partial charge in [-0.15, -0.1) is 0 Å². The summed E-state index contributed by atoms with van der Waals surface area (Å²) in [7, 11) is 2.74. The summed E-state index contributed by atoms with van der Waals surface area (Å²) in [6.07, 6.45) is -0.217. The van der Waals surface area contributed by atoms with E-state index in [1.807, 2.05) is 0 Å². The Morgan fingerprint density at radius 3 is 2.48 bits per heavy atom. The van der Waals surface area contributed by atoms with Crippen molar-refractivity contribution in [2.24, 2.45) is 0 Å². The minimum absolute atomic E-state index is 0.0255. The molecule has 1 aromatic carbocycles. The number of benzene rings is 1. The van der Waals surface area contributed by atoms with Crippen molar-refractivity contribution in [2.45, 2.75) is 31.6 Å². The van der Waals surface area contributed by atoms with Gasteiger partial charge in [0.15, 0.2) is 0 Å². The molecular weight excluding hydrogens is 350 g/mol. The quantitative estimate of drug-likeness (QED) is 0.700. The Balaban J connectivity index is 2.91. The molecule has 0 unspecified atom stereocenters. The number of halogens is 3. The maximum absolute atomic E-state index is 14.3. The van der Waals surface area contributed by atoms with E-state index >= 15 is 0 Å². The summed E-state index contributed by atoms with van der Waals surface area (Å²) < 4.78 is 38.9. The van der Waals surface area contributed by atoms with Gasteiger partial charge in [-0.3, -0.25) is 4.79 Å². The minimum atomic E-state index is -3.10. The lowest BCUT2D eigenvalue weighted by atomic mass is 10.0. The predicted octanol–water partition coefficient (Wildman–Crippen LogP) is 4.20. The second-order valence-corrected chi connectivity index (χ2v) is 5.26. The number of carbonyl (C=O) groups is 1. The first kappa shape index (κ1) is 17.7. The Morgan fingerprint density at radius 1 is 1.29 bits per heavy atom. The Kier molecular flexibility index (Phi) is 6.39. The van der Waals surface area contributed by atoms with Gasteiger partial charge in [0.05, 0.1) is 19.8 Å². The molecule has 4 nitrogen and oxygen atoms in total. The third kappa shape index (κ3) is 4.56. The van der Waals surface area contributed by atoms with Crippen LogP contribution in [0.4, 0.5) is 8.78 Å². The lowest BCUT2D eigenvalue weighted by molar-refractivity contribution is -0.137. The Labute approximate surface area is 130 Å². The van der Waals surface area contributed by atoms with Gasteiger partial charge in [0.25, 0.3) is 5.92 Å². The van der Waals surface area contributed by atoms with Gasteiger partial charge in [-0.25, -0.2) is 8.78 Å². The van der Waals surface area contributed by atoms with E-state index in [4.69, 9.17) is 14.6 Å². The summed E-state index contributed by atoms with van der Waals surface area (Å²) in [6.45, 7) is 0. The number of carboxylic acids is 1. The van der Waals surface area contributed by atoms with E-state index < -0.39 is 18.3 Å². The molecule has 0 saturated carbocycles. The van der Waals surface area contributed by atoms with Crippen LogP contribution in [0.15, 0.2) is 16.6 Å². The van der Waals surface area contributed by atoms with Crippen LogP contribution in [0.1, 0.15) is 31.2 Å². The van der Waals surface area contributed by atoms with Crippen LogP contribution in [0.3, 0.4) is 0 Å². The molecule has 0 bridgehead atoms. The van der Waals surface area contributed by atoms with Crippen molar-refractivity contribution in [3.8, 4) is 11.5 Å². The first-order valence-corrected chi connectivity index (χ1v) is 7.13. The van der Waals surface area contributed by atoms with Crippen molar-refractivity contribution in [3.63, 3.8) is 0 Å². The van der Waals surface area contributed by atoms with E-state index in [2.05, 4.69) is 15.9 Å². The number of carboxylic acid groups (broad SMARTS) is 1. The number of hydrogen-bond donors (Lipinski definition) is 1. The van der Waals surface area contributed by atoms with Crippen LogP contribution >= 0.6 is 15.9 Å². The van der Waals surface area contributed by atoms with Gasteiger partial charge in [0.1, 0.15) is 16.0 Å². The molecule has 0 fully saturated rings. The first-order chi connectivity index (χ1) is 9.83. The van der Waals surface area contributed by atoms with E-state index in [0.29, 0.717) is 10.2 Å². The highest BCUT2D eigenvalue weighted by Gasteiger charge is 2.35. The number of methoxy groups -OCH3 is 2. The van der Waals surface area contributed by atoms with Crippen molar-refractivity contribution in [2.75, 3.05) is 14.2 Å². The van der Waals surface area contributed by atoms with Crippen molar-refractivity contribution in [3.05, 3.63) is 22.2 Å². The van der Waals surface area contributed by atoms with Crippen molar-refractivity contribution in [1.82, 2.24) is 0 Å². The molecule has 0 amide bonds. The van der Waals surface area contributed by atoms with E-state index in [1.165, 1.54) is 26.4 Å². The molecule has 0 heterocycles. The summed E-state index contributed by atoms with van der Waals surface area (Å²) in [4.78, 5) is 10.4. The van der Waals surface area contributed by atoms with Crippen molar-refractivity contribution in [1.29, 1.82) is 0 Å². The third-order valence-electron chi connectivity index (χ3n) is 3.01. The topological polar surface area (TPSA) is 55.8 Å². The average Bonchev–Trinajstić information content (AvgIpc) is 2.43. The lowest BCUT2D eigenvalue weighted by Gasteiger charge is -2.21. The van der Waals surface area contributed by atoms with Gasteiger partial charge in [0.2, 0.25) is 0 Å². The molecule has 0 aromatic heterocycles. The summed E-state index contributed by atoms with van der Waals surface area (Å²) in [5.41, 5.74) is -0.243. The fourth-order valence-electron chi connectivity index (χ4n) is 1.94. The van der Waals surface area contributed by atoms with Crippen LogP contribution in [0.2, 0.25) is 0 Å². The zero-order chi connectivity index (χ0) is 16.0. The molecule has 21 heavy (non-hydrogen) atoms. The van der Waals surface area contributed by atoms with E-state index in [0.717, 1.165) is 0 Å². The Bertz CT molecular complexity index is 506. The lowest BCUT2D eigenvalue weighted by Crippen LogP contribution is -2.15. The molecule has 0 radical (unpaired) electrons. The average molecular weight is 367 g/mol. The highest BCUT2D eigenvalue weighted by molar-refractivity contribution is 9.10. The predicted molar refractivity (Wildman–Crippen MR) is 77.2 cm³/mol. The monoisotopic (exact) mass is 366 g/mol. The number of aliphatic carboxylic acids is 1. The van der Waals surface area contributed by atoms with Crippen LogP contribution in [0, 0.1) is 0 Å². The van der Waals surface area contributed by atoms with Gasteiger partial charge in [-0.1, -0.05) is 0 Å². The zero-order valence-electron chi connectivity index (χ0n) is 11.8. The number of hydrogen-bond acceptors (Lipinski definition) is 3. The number of ether oxygens (including phenoxy) is 2. The van der Waals surface area contributed by atoms with Gasteiger partial charge in [-0.05, 0) is 40.9 Å². The number of rotatable bonds is 8. The number of alkyl halides is 2. The zero-order valence-corrected chi connectivity index (χ0v) is 13.4. The maximum Gasteiger partial charge on any atom is 0.303 e. The summed E-state index contributed by atoms with van der Waals surface area (Å²) in [5.74, 6) is -3.66. The molecule has 0 saturated heterocycles. The fraction of sp³-hybridized carbons (Fsp3) is 0.500. The SMILES string of the molecule is COc1ccc(C(F)(F)CCCCC(=O)O)c(OC)c1Br. The number of unbranched alkanes of at least 4 members (excludes halogenated alkanes) is 1. The van der Waals surface area contributed by atoms with Crippen LogP contribution < -0.4 is 9.47 Å². The van der Waals surface area contributed by atoms with Crippen LogP contribution in [0.25, 0.3) is 0 Å². The maximum atomic E-state index is 14.3. The highest BCUT2D eigenvalue weighted by atomic mass is 79.9. The van der Waals surface area contributed by atoms with E-state index in [-0.39, 0.29) is 30.6 Å². The molecule has 0 aliphatic heterocycles. The van der Waals surface area contributed by atoms with Crippen LogP contribution in [-0.4, -0.2) is 25.3 Å². The Hall–Kier alpha value is -1.37. The molecular formula is C14H17BrF2O4. The molecule has 1 rings (SSSR count). The second kappa shape index (κ2) is 7.59. The molecule has 7 heteroatoms. The first-order valence-electron chi connectivity index (χ1n) is 6.34. The normalized spacial score (nSPS) is 11.3. The van der Waals surface area contributed by atoms with Crippen LogP contribution in [-0.2, 0) is 10.7 Å². The Morgan fingerprint density at radius 2 is 1.95 bits per heavy atom. The standard InChI is InChI=1S/C14H17BrF2O4/c1-20-10-7-6-9(13(21-2)12(10)15)14(16,17)8-4-3-5-11(18)19/h6-7H,3-5,8H2,1-2H3,(H,18,19). The van der Waals surface area contributed by atoms with Crippen LogP contribution in [0.5, 0.6) is 11.5 Å². The summed E-state index contributed by atoms with van der Waals surface area (Å²) >= 11 is 3.18. The van der Waals surface area contributed by atoms with Gasteiger partial charge in [-0.2, -0.15) is 0 Å². The summed E-state index contributed by atoms with van der Waals surface area (Å²) in [5, 5.41) is 8.51. The highest BCUT2D eigenvalue weighted by Crippen LogP contribution is 2.45. The smallest absolute Gasteiger partial charge is 0.303 e. The second-order valence-electron chi connectivity index (χ2n) is 4.47. The van der Waals surface area contributed by atoms with Crippen molar-refractivity contribution < 1.29 is 28.2 Å². The molecule has 0 spiro atoms. The van der Waals surface area contributed by atoms with Crippen molar-refractivity contribution >= 4 is 21.9 Å². The third-order valence-corrected chi connectivity index (χ3v) is 3.76. The largest absolute Gasteiger partial charge is 0.495 e.